The summed E-state index contributed by atoms with van der Waals surface area (Å²) in [6.45, 7) is 0. The maximum atomic E-state index is 5.92. The van der Waals surface area contributed by atoms with Crippen molar-refractivity contribution in [2.75, 3.05) is 5.88 Å². The van der Waals surface area contributed by atoms with Crippen LogP contribution in [0.5, 0.6) is 0 Å². The quantitative estimate of drug-likeness (QED) is 0.389. The Morgan fingerprint density at radius 3 is 2.60 bits per heavy atom. The van der Waals surface area contributed by atoms with Gasteiger partial charge in [-0.2, -0.15) is 0 Å². The lowest BCUT2D eigenvalue weighted by Crippen LogP contribution is -2.02. The van der Waals surface area contributed by atoms with E-state index in [1.165, 1.54) is 3.57 Å². The molecule has 3 aromatic rings. The van der Waals surface area contributed by atoms with Crippen LogP contribution in [-0.4, -0.2) is 15.4 Å². The highest BCUT2D eigenvalue weighted by molar-refractivity contribution is 14.1. The molecule has 2 nitrogen and oxygen atoms in total. The fourth-order valence-electron chi connectivity index (χ4n) is 2.23. The number of aromatic nitrogens is 2. The zero-order valence-corrected chi connectivity index (χ0v) is 15.0. The molecule has 3 rings (SSSR count). The first-order valence-corrected chi connectivity index (χ1v) is 8.58. The first-order chi connectivity index (χ1) is 9.69. The lowest BCUT2D eigenvalue weighted by Gasteiger charge is -2.09. The number of rotatable bonds is 3. The maximum absolute atomic E-state index is 5.92. The first-order valence-electron chi connectivity index (χ1n) is 6.18. The van der Waals surface area contributed by atoms with E-state index in [2.05, 4.69) is 73.4 Å². The van der Waals surface area contributed by atoms with Crippen LogP contribution in [0.3, 0.4) is 0 Å². The molecule has 0 bridgehead atoms. The van der Waals surface area contributed by atoms with E-state index >= 15 is 0 Å². The van der Waals surface area contributed by atoms with Crippen LogP contribution in [0.2, 0.25) is 0 Å². The van der Waals surface area contributed by atoms with E-state index in [0.29, 0.717) is 5.88 Å². The third-order valence-electron chi connectivity index (χ3n) is 3.09. The lowest BCUT2D eigenvalue weighted by atomic mass is 10.2. The zero-order valence-electron chi connectivity index (χ0n) is 10.5. The van der Waals surface area contributed by atoms with Crippen LogP contribution >= 0.6 is 50.1 Å². The Bertz CT molecular complexity index is 752. The summed E-state index contributed by atoms with van der Waals surface area (Å²) in [5.41, 5.74) is 3.21. The molecule has 2 aromatic carbocycles. The molecule has 0 aliphatic heterocycles. The summed E-state index contributed by atoms with van der Waals surface area (Å²) < 4.78 is 4.45. The van der Waals surface area contributed by atoms with Gasteiger partial charge in [-0.1, -0.05) is 15.9 Å². The number of hydrogen-bond acceptors (Lipinski definition) is 1. The van der Waals surface area contributed by atoms with Gasteiger partial charge >= 0.3 is 0 Å². The molecule has 20 heavy (non-hydrogen) atoms. The number of benzene rings is 2. The van der Waals surface area contributed by atoms with E-state index in [4.69, 9.17) is 16.6 Å². The van der Waals surface area contributed by atoms with Crippen LogP contribution in [0, 0.1) is 3.57 Å². The monoisotopic (exact) mass is 460 g/mol. The predicted octanol–water partition coefficient (Wildman–Crippen LogP) is 5.17. The topological polar surface area (TPSA) is 17.8 Å². The Labute approximate surface area is 144 Å². The average Bonchev–Trinajstić information content (AvgIpc) is 2.78. The second-order valence-electron chi connectivity index (χ2n) is 4.41. The summed E-state index contributed by atoms with van der Waals surface area (Å²) in [4.78, 5) is 4.70. The minimum absolute atomic E-state index is 0.564. The summed E-state index contributed by atoms with van der Waals surface area (Å²) in [5, 5.41) is 0. The minimum Gasteiger partial charge on any atom is -0.296 e. The molecule has 1 aromatic heterocycles. The normalized spacial score (nSPS) is 11.2. The van der Waals surface area contributed by atoms with Crippen LogP contribution in [0.25, 0.3) is 16.7 Å². The van der Waals surface area contributed by atoms with E-state index < -0.39 is 0 Å². The number of aryl methyl sites for hydroxylation is 1. The Hall–Kier alpha value is -0.590. The van der Waals surface area contributed by atoms with E-state index in [-0.39, 0.29) is 0 Å². The summed E-state index contributed by atoms with van der Waals surface area (Å²) in [6.07, 6.45) is 0.750. The van der Waals surface area contributed by atoms with Gasteiger partial charge in [-0.15, -0.1) is 11.6 Å². The van der Waals surface area contributed by atoms with Crippen molar-refractivity contribution in [3.63, 3.8) is 0 Å². The van der Waals surface area contributed by atoms with E-state index in [9.17, 15) is 0 Å². The van der Waals surface area contributed by atoms with Crippen molar-refractivity contribution in [3.05, 3.63) is 56.3 Å². The molecule has 0 saturated heterocycles. The number of hydrogen-bond donors (Lipinski definition) is 0. The van der Waals surface area contributed by atoms with E-state index in [1.54, 1.807) is 0 Å². The van der Waals surface area contributed by atoms with Crippen molar-refractivity contribution >= 4 is 61.2 Å². The highest BCUT2D eigenvalue weighted by Gasteiger charge is 2.12. The molecule has 0 radical (unpaired) electrons. The molecule has 0 spiro atoms. The van der Waals surface area contributed by atoms with Gasteiger partial charge in [-0.25, -0.2) is 4.98 Å². The molecule has 0 aliphatic rings. The SMILES string of the molecule is ClCCc1nc2ccc(Br)cc2n1-c1ccc(I)cc1. The fourth-order valence-corrected chi connectivity index (χ4v) is 3.11. The highest BCUT2D eigenvalue weighted by atomic mass is 127. The van der Waals surface area contributed by atoms with Crippen molar-refractivity contribution < 1.29 is 0 Å². The van der Waals surface area contributed by atoms with Crippen LogP contribution in [-0.2, 0) is 6.42 Å². The Morgan fingerprint density at radius 2 is 1.90 bits per heavy atom. The van der Waals surface area contributed by atoms with Crippen molar-refractivity contribution in [2.24, 2.45) is 0 Å². The van der Waals surface area contributed by atoms with Gasteiger partial charge in [0.25, 0.3) is 0 Å². The van der Waals surface area contributed by atoms with Gasteiger partial charge in [0.1, 0.15) is 5.82 Å². The summed E-state index contributed by atoms with van der Waals surface area (Å²) in [7, 11) is 0. The van der Waals surface area contributed by atoms with Gasteiger partial charge in [0.2, 0.25) is 0 Å². The standard InChI is InChI=1S/C15H11BrClIN2/c16-10-1-6-13-14(9-10)20(15(19-13)7-8-17)12-4-2-11(18)3-5-12/h1-6,9H,7-8H2. The number of alkyl halides is 1. The van der Waals surface area contributed by atoms with Gasteiger partial charge in [0, 0.05) is 26.0 Å². The second kappa shape index (κ2) is 6.03. The van der Waals surface area contributed by atoms with Crippen molar-refractivity contribution in [3.8, 4) is 5.69 Å². The smallest absolute Gasteiger partial charge is 0.115 e. The van der Waals surface area contributed by atoms with Gasteiger partial charge in [0.15, 0.2) is 0 Å². The van der Waals surface area contributed by atoms with Gasteiger partial charge in [-0.3, -0.25) is 4.57 Å². The average molecular weight is 462 g/mol. The molecule has 1 heterocycles. The van der Waals surface area contributed by atoms with Crippen molar-refractivity contribution in [1.29, 1.82) is 0 Å². The van der Waals surface area contributed by atoms with Crippen LogP contribution in [0.1, 0.15) is 5.82 Å². The first kappa shape index (κ1) is 14.4. The minimum atomic E-state index is 0.564. The number of halogens is 3. The molecular weight excluding hydrogens is 450 g/mol. The van der Waals surface area contributed by atoms with Crippen LogP contribution < -0.4 is 0 Å². The second-order valence-corrected chi connectivity index (χ2v) is 6.95. The van der Waals surface area contributed by atoms with Crippen LogP contribution in [0.15, 0.2) is 46.9 Å². The maximum Gasteiger partial charge on any atom is 0.115 e. The number of imidazole rings is 1. The largest absolute Gasteiger partial charge is 0.296 e. The van der Waals surface area contributed by atoms with Crippen molar-refractivity contribution in [1.82, 2.24) is 9.55 Å². The number of fused-ring (bicyclic) bond motifs is 1. The van der Waals surface area contributed by atoms with Crippen molar-refractivity contribution in [2.45, 2.75) is 6.42 Å². The summed E-state index contributed by atoms with van der Waals surface area (Å²) >= 11 is 11.8. The molecule has 0 fully saturated rings. The van der Waals surface area contributed by atoms with Gasteiger partial charge in [-0.05, 0) is 65.1 Å². The highest BCUT2D eigenvalue weighted by Crippen LogP contribution is 2.25. The van der Waals surface area contributed by atoms with Crippen LogP contribution in [0.4, 0.5) is 0 Å². The molecule has 0 N–H and O–H groups in total. The molecule has 0 saturated carbocycles. The molecule has 0 amide bonds. The molecule has 5 heteroatoms. The third-order valence-corrected chi connectivity index (χ3v) is 4.49. The molecular formula is C15H11BrClIN2. The lowest BCUT2D eigenvalue weighted by molar-refractivity contribution is 0.912. The molecule has 0 unspecified atom stereocenters. The summed E-state index contributed by atoms with van der Waals surface area (Å²) in [6, 6.07) is 14.6. The molecule has 0 atom stereocenters. The van der Waals surface area contributed by atoms with E-state index in [0.717, 1.165) is 33.4 Å². The number of nitrogens with zero attached hydrogens (tertiary/aromatic N) is 2. The fraction of sp³-hybridized carbons (Fsp3) is 0.133. The van der Waals surface area contributed by atoms with Gasteiger partial charge < -0.3 is 0 Å². The van der Waals surface area contributed by atoms with E-state index in [1.807, 2.05) is 12.1 Å². The molecule has 0 aliphatic carbocycles. The summed E-state index contributed by atoms with van der Waals surface area (Å²) in [5.74, 6) is 1.56. The Kier molecular flexibility index (Phi) is 4.33. The Balaban J connectivity index is 2.27. The predicted molar refractivity (Wildman–Crippen MR) is 95.9 cm³/mol. The third kappa shape index (κ3) is 2.73. The zero-order chi connectivity index (χ0) is 14.1. The Morgan fingerprint density at radius 1 is 1.15 bits per heavy atom. The molecule has 102 valence electrons. The van der Waals surface area contributed by atoms with Gasteiger partial charge in [0.05, 0.1) is 11.0 Å².